The van der Waals surface area contributed by atoms with Crippen molar-refractivity contribution >= 4 is 83.4 Å². The van der Waals surface area contributed by atoms with Crippen LogP contribution in [0.2, 0.25) is 0 Å². The molecular weight excluding hydrogens is 1790 g/mol. The maximum absolute atomic E-state index is 10.6. The van der Waals surface area contributed by atoms with Gasteiger partial charge in [-0.2, -0.15) is 180 Å². The van der Waals surface area contributed by atoms with Crippen molar-refractivity contribution in [1.82, 2.24) is 0 Å². The van der Waals surface area contributed by atoms with Crippen LogP contribution in [0.1, 0.15) is 51.9 Å². The van der Waals surface area contributed by atoms with Crippen molar-refractivity contribution in [2.24, 2.45) is 0 Å². The van der Waals surface area contributed by atoms with Gasteiger partial charge < -0.3 is 45.5 Å². The summed E-state index contributed by atoms with van der Waals surface area (Å²) in [6, 6.07) is 76.0. The second-order valence-electron chi connectivity index (χ2n) is 15.3. The van der Waals surface area contributed by atoms with Crippen LogP contribution in [-0.2, 0) is 222 Å². The average Bonchev–Trinajstić information content (AvgIpc) is 0.880. The molecule has 0 aliphatic carbocycles. The Hall–Kier alpha value is 1.03. The molecule has 0 fully saturated rings. The predicted molar refractivity (Wildman–Crippen MR) is 325 cm³/mol. The van der Waals surface area contributed by atoms with Gasteiger partial charge in [-0.1, -0.05) is 87.0 Å². The van der Waals surface area contributed by atoms with Crippen LogP contribution in [0.15, 0.2) is 178 Å². The van der Waals surface area contributed by atoms with E-state index in [1.54, 1.807) is 57.2 Å². The third-order valence-electron chi connectivity index (χ3n) is 8.39. The van der Waals surface area contributed by atoms with Crippen molar-refractivity contribution in [3.63, 3.8) is 0 Å². The molecule has 1 unspecified atom stereocenters. The van der Waals surface area contributed by atoms with Crippen molar-refractivity contribution in [1.29, 1.82) is 0 Å². The largest absolute Gasteiger partial charge is 1.00 e. The van der Waals surface area contributed by atoms with Crippen molar-refractivity contribution in [3.8, 4) is 0 Å². The Balaban J connectivity index is -0.0000000734. The molecule has 508 valence electrons. The number of hydrogen-bond acceptors (Lipinski definition) is 25. The summed E-state index contributed by atoms with van der Waals surface area (Å²) < 4.78 is 186. The van der Waals surface area contributed by atoms with E-state index in [1.165, 1.54) is 58.1 Å². The van der Waals surface area contributed by atoms with Gasteiger partial charge in [0, 0.05) is 131 Å². The summed E-state index contributed by atoms with van der Waals surface area (Å²) in [5, 5.41) is 20.9. The van der Waals surface area contributed by atoms with Crippen LogP contribution in [0.3, 0.4) is 0 Å². The minimum Gasteiger partial charge on any atom is -0.754 e. The third kappa shape index (κ3) is 91.2. The van der Waals surface area contributed by atoms with E-state index in [9.17, 15) is 38.6 Å². The van der Waals surface area contributed by atoms with E-state index in [2.05, 4.69) is 100 Å². The van der Waals surface area contributed by atoms with Crippen molar-refractivity contribution < 1.29 is 359 Å². The maximum atomic E-state index is 10.6. The molecule has 1 atom stereocenters. The minimum atomic E-state index is -4.31. The minimum absolute atomic E-state index is 0. The van der Waals surface area contributed by atoms with E-state index in [0.29, 0.717) is 16.7 Å². The fraction of sp³-hybridized carbons (Fsp3) is 0.158. The third-order valence-corrected chi connectivity index (χ3v) is 12.4. The molecule has 25 nitrogen and oxygen atoms in total. The first-order chi connectivity index (χ1) is 41.5. The number of aryl methyl sites for hydroxylation is 8. The predicted octanol–water partition coefficient (Wildman–Crippen LogP) is -3.30. The normalized spacial score (nSPS) is 8.95. The zero-order chi connectivity index (χ0) is 68.9. The molecule has 8 aromatic carbocycles. The molecule has 0 aliphatic rings. The zero-order valence-electron chi connectivity index (χ0n) is 54.0. The summed E-state index contributed by atoms with van der Waals surface area (Å²) >= 11 is 0.0937. The van der Waals surface area contributed by atoms with Crippen LogP contribution in [0.5, 0.6) is 0 Å². The number of hydrogen-bond donors (Lipinski definition) is 3. The van der Waals surface area contributed by atoms with Crippen LogP contribution < -0.4 is 118 Å². The molecule has 0 aliphatic heterocycles. The summed E-state index contributed by atoms with van der Waals surface area (Å²) in [6.45, 7) is 14.9. The van der Waals surface area contributed by atoms with Gasteiger partial charge in [-0.3, -0.25) is 56.8 Å². The molecular formula is C57H58Na4O25S8Y4-8. The van der Waals surface area contributed by atoms with Crippen molar-refractivity contribution in [2.75, 3.05) is 0 Å². The molecule has 0 heterocycles. The van der Waals surface area contributed by atoms with E-state index in [-0.39, 0.29) is 282 Å². The number of rotatable bonds is 8. The summed E-state index contributed by atoms with van der Waals surface area (Å²) in [4.78, 5) is -0.472. The first-order valence-corrected chi connectivity index (χ1v) is 32.7. The second kappa shape index (κ2) is 82.1. The van der Waals surface area contributed by atoms with Gasteiger partial charge in [-0.05, 0) is 4.90 Å². The molecule has 0 bridgehead atoms. The Kier molecular flexibility index (Phi) is 108. The Bertz CT molecular complexity index is 3450. The van der Waals surface area contributed by atoms with Crippen molar-refractivity contribution in [2.45, 2.75) is 77.5 Å². The maximum Gasteiger partial charge on any atom is 1.00 e. The van der Waals surface area contributed by atoms with Crippen LogP contribution in [-0.4, -0.2) is 91.5 Å². The van der Waals surface area contributed by atoms with Crippen LogP contribution in [0, 0.1) is 116 Å². The Morgan fingerprint density at radius 1 is 0.388 bits per heavy atom. The van der Waals surface area contributed by atoms with E-state index >= 15 is 0 Å². The second-order valence-corrected chi connectivity index (χ2v) is 22.7. The monoisotopic (exact) mass is 1850 g/mol. The number of benzene rings is 8. The first kappa shape index (κ1) is 129. The van der Waals surface area contributed by atoms with Gasteiger partial charge in [-0.25, -0.2) is 23.1 Å². The molecule has 0 aromatic heterocycles. The molecule has 4 radical (unpaired) electrons. The molecule has 0 saturated heterocycles. The Morgan fingerprint density at radius 3 is 0.755 bits per heavy atom. The zero-order valence-corrected chi connectivity index (χ0v) is 79.9. The van der Waals surface area contributed by atoms with E-state index in [4.69, 9.17) is 52.9 Å². The van der Waals surface area contributed by atoms with Gasteiger partial charge >= 0.3 is 150 Å². The van der Waals surface area contributed by atoms with E-state index in [1.807, 2.05) is 111 Å². The quantitative estimate of drug-likeness (QED) is 0.0255. The Morgan fingerprint density at radius 2 is 0.622 bits per heavy atom. The summed E-state index contributed by atoms with van der Waals surface area (Å²) in [7, 11) is -24.1. The van der Waals surface area contributed by atoms with Gasteiger partial charge in [0.05, 0.1) is 20.2 Å². The fourth-order valence-corrected chi connectivity index (χ4v) is 7.16. The standard InChI is InChI=1S/3C7H7O3S.3C7H7.2C7H6.CH4.4Na.H2O7S2.3O3S.4Y/c3*1-6-4-2-3-5-7(6)11(8,9)10;5*1-7-5-3-2-4-6-7;;;;;;1-4-6-8-9(3)7-5-2;3*1-4(2)3;;;;/h3*2,4-5H,1H3,(H,8,9,10);3*3-6H,1H3;2*3-5H,1H3;1H4;;;;;1-2H;;;;;;;/q6*-1;2*-2;;4*+1;;;;;;;;/p-2. The molecule has 0 saturated carbocycles. The molecule has 98 heavy (non-hydrogen) atoms. The molecule has 3 N–H and O–H groups in total. The van der Waals surface area contributed by atoms with Crippen LogP contribution >= 0.6 is 11.1 Å². The molecule has 8 aromatic rings. The Labute approximate surface area is 775 Å². The summed E-state index contributed by atoms with van der Waals surface area (Å²) in [6.07, 6.45) is 0. The van der Waals surface area contributed by atoms with Gasteiger partial charge in [0.2, 0.25) is 10.1 Å². The first-order valence-electron chi connectivity index (χ1n) is 23.1. The fourth-order valence-electron chi connectivity index (χ4n) is 4.63. The smallest absolute Gasteiger partial charge is 0.754 e. The van der Waals surface area contributed by atoms with E-state index < -0.39 is 72.3 Å². The molecule has 8 rings (SSSR count). The van der Waals surface area contributed by atoms with Gasteiger partial charge in [0.1, 0.15) is 0 Å². The van der Waals surface area contributed by atoms with Gasteiger partial charge in [0.15, 0.2) is 11.1 Å². The summed E-state index contributed by atoms with van der Waals surface area (Å²) in [5.41, 5.74) is 7.64. The molecule has 41 heteroatoms. The van der Waals surface area contributed by atoms with Crippen molar-refractivity contribution in [3.05, 3.63) is 269 Å². The van der Waals surface area contributed by atoms with Crippen LogP contribution in [0.25, 0.3) is 0 Å². The SMILES string of the molecule is C.Cc1[c-]c[c-]cc1.Cc1[c-]c[c-]cc1.Cc1cc[c-]cc1.Cc1cc[c-]cc1.Cc1cc[c-]cc1.Cc1cc[c-]cc1S(=O)(=O)O.Cc1cc[c-]cc1S(=O)(=O)[O-].Cc1cc[c-]cc1S(=O)(=O)[O-].O=S(=O)=O.O=S(=O)=O.O=S(=O)=O.O=S(OOO)SOOO.[Na+].[Na+].[Na+].[Na+].[Y].[Y].[Y].[Y]. The summed E-state index contributed by atoms with van der Waals surface area (Å²) in [5.74, 6) is 0. The van der Waals surface area contributed by atoms with E-state index in [0.717, 1.165) is 0 Å². The topological polar surface area (TPSA) is 417 Å². The van der Waals surface area contributed by atoms with Gasteiger partial charge in [0.25, 0.3) is 10.1 Å². The van der Waals surface area contributed by atoms with Crippen LogP contribution in [0.4, 0.5) is 0 Å². The van der Waals surface area contributed by atoms with Gasteiger partial charge in [-0.15, -0.1) is 58.9 Å². The molecule has 0 amide bonds. The molecule has 0 spiro atoms. The average molecular weight is 1850 g/mol.